The van der Waals surface area contributed by atoms with E-state index in [-0.39, 0.29) is 35.1 Å². The minimum atomic E-state index is -2.06. The zero-order chi connectivity index (χ0) is 20.5. The third-order valence-corrected chi connectivity index (χ3v) is 9.69. The minimum absolute atomic E-state index is 0.0449. The van der Waals surface area contributed by atoms with Gasteiger partial charge >= 0.3 is 5.97 Å². The third kappa shape index (κ3) is 6.35. The molecule has 0 spiro atoms. The minimum Gasteiger partial charge on any atom is -0.459 e. The maximum atomic E-state index is 12.6. The van der Waals surface area contributed by atoms with E-state index in [1.165, 1.54) is 6.92 Å². The van der Waals surface area contributed by atoms with Crippen LogP contribution < -0.4 is 10.6 Å². The topological polar surface area (TPSA) is 76.7 Å². The molecule has 1 aliphatic rings. The molecule has 6 nitrogen and oxygen atoms in total. The normalized spacial score (nSPS) is 27.8. The van der Waals surface area contributed by atoms with Crippen LogP contribution in [0.1, 0.15) is 61.8 Å². The van der Waals surface area contributed by atoms with E-state index >= 15 is 0 Å². The molecule has 152 valence electrons. The largest absolute Gasteiger partial charge is 0.459 e. The first-order chi connectivity index (χ1) is 11.5. The van der Waals surface area contributed by atoms with Gasteiger partial charge in [0.15, 0.2) is 8.32 Å². The van der Waals surface area contributed by atoms with E-state index in [0.29, 0.717) is 6.42 Å². The molecule has 4 atom stereocenters. The van der Waals surface area contributed by atoms with Crippen molar-refractivity contribution < 1.29 is 18.8 Å². The number of hydrogen-bond donors (Lipinski definition) is 2. The van der Waals surface area contributed by atoms with Crippen molar-refractivity contribution in [3.8, 4) is 0 Å². The van der Waals surface area contributed by atoms with Gasteiger partial charge in [-0.05, 0) is 45.8 Å². The lowest BCUT2D eigenvalue weighted by molar-refractivity contribution is -0.159. The molecule has 0 aromatic rings. The SMILES string of the molecule is CC(=O)N[C@H]1[C@H](C)N[C@H](C(=O)OC(C)(C)C)C[C@@H]1O[Si](C)(C)C(C)(C)C. The molecule has 1 fully saturated rings. The van der Waals surface area contributed by atoms with Gasteiger partial charge in [-0.15, -0.1) is 0 Å². The molecule has 0 bridgehead atoms. The first-order valence-electron chi connectivity index (χ1n) is 9.47. The number of piperidine rings is 1. The molecule has 2 N–H and O–H groups in total. The molecule has 1 heterocycles. The molecule has 0 saturated carbocycles. The molecule has 1 amide bonds. The van der Waals surface area contributed by atoms with Crippen molar-refractivity contribution in [2.24, 2.45) is 0 Å². The second kappa shape index (κ2) is 7.98. The van der Waals surface area contributed by atoms with Crippen molar-refractivity contribution in [3.63, 3.8) is 0 Å². The molecule has 0 unspecified atom stereocenters. The number of nitrogens with one attached hydrogen (secondary N) is 2. The van der Waals surface area contributed by atoms with Gasteiger partial charge in [0.2, 0.25) is 5.91 Å². The molecule has 1 aliphatic heterocycles. The van der Waals surface area contributed by atoms with Crippen molar-refractivity contribution in [1.82, 2.24) is 10.6 Å². The lowest BCUT2D eigenvalue weighted by Crippen LogP contribution is -2.66. The molecular weight excluding hydrogens is 348 g/mol. The van der Waals surface area contributed by atoms with Gasteiger partial charge in [0, 0.05) is 19.4 Å². The van der Waals surface area contributed by atoms with Crippen molar-refractivity contribution >= 4 is 20.2 Å². The Balaban J connectivity index is 3.04. The summed E-state index contributed by atoms with van der Waals surface area (Å²) in [5, 5.41) is 6.35. The van der Waals surface area contributed by atoms with Crippen LogP contribution in [0.15, 0.2) is 0 Å². The second-order valence-corrected chi connectivity index (χ2v) is 14.7. The van der Waals surface area contributed by atoms with Crippen LogP contribution in [-0.4, -0.2) is 50.0 Å². The number of hydrogen-bond acceptors (Lipinski definition) is 5. The molecular formula is C19H38N2O4Si. The number of rotatable bonds is 4. The summed E-state index contributed by atoms with van der Waals surface area (Å²) in [5.41, 5.74) is -0.535. The quantitative estimate of drug-likeness (QED) is 0.574. The standard InChI is InChI=1S/C19H38N2O4Si/c1-12-16(21-13(2)22)15(25-26(9,10)19(6,7)8)11-14(20-12)17(23)24-18(3,4)5/h12,14-16,20H,11H2,1-10H3,(H,21,22)/t12-,14-,15-,16-/m0/s1. The van der Waals surface area contributed by atoms with Crippen molar-refractivity contribution in [2.75, 3.05) is 0 Å². The molecule has 0 radical (unpaired) electrons. The summed E-state index contributed by atoms with van der Waals surface area (Å²) >= 11 is 0. The number of carbonyl (C=O) groups excluding carboxylic acids is 2. The summed E-state index contributed by atoms with van der Waals surface area (Å²) < 4.78 is 12.2. The molecule has 26 heavy (non-hydrogen) atoms. The zero-order valence-corrected chi connectivity index (χ0v) is 19.1. The van der Waals surface area contributed by atoms with Crippen molar-refractivity contribution in [3.05, 3.63) is 0 Å². The van der Waals surface area contributed by atoms with Gasteiger partial charge in [-0.25, -0.2) is 0 Å². The fraction of sp³-hybridized carbons (Fsp3) is 0.895. The van der Waals surface area contributed by atoms with Crippen LogP contribution in [0, 0.1) is 0 Å². The van der Waals surface area contributed by atoms with Crippen LogP contribution in [0.25, 0.3) is 0 Å². The van der Waals surface area contributed by atoms with Crippen molar-refractivity contribution in [1.29, 1.82) is 0 Å². The highest BCUT2D eigenvalue weighted by Gasteiger charge is 2.46. The smallest absolute Gasteiger partial charge is 0.323 e. The highest BCUT2D eigenvalue weighted by molar-refractivity contribution is 6.74. The van der Waals surface area contributed by atoms with Gasteiger partial charge in [0.1, 0.15) is 11.6 Å². The van der Waals surface area contributed by atoms with Crippen LogP contribution in [0.3, 0.4) is 0 Å². The van der Waals surface area contributed by atoms with E-state index in [9.17, 15) is 9.59 Å². The summed E-state index contributed by atoms with van der Waals surface area (Å²) in [6.07, 6.45) is 0.255. The molecule has 1 rings (SSSR count). The Labute approximate surface area is 159 Å². The number of carbonyl (C=O) groups is 2. The Morgan fingerprint density at radius 2 is 1.65 bits per heavy atom. The van der Waals surface area contributed by atoms with Gasteiger partial charge < -0.3 is 14.5 Å². The summed E-state index contributed by atoms with van der Waals surface area (Å²) in [6.45, 7) is 20.0. The Bertz CT molecular complexity index is 523. The maximum Gasteiger partial charge on any atom is 0.323 e. The van der Waals surface area contributed by atoms with E-state index in [4.69, 9.17) is 9.16 Å². The van der Waals surface area contributed by atoms with Gasteiger partial charge in [-0.3, -0.25) is 14.9 Å². The van der Waals surface area contributed by atoms with Gasteiger partial charge in [0.25, 0.3) is 0 Å². The molecule has 1 saturated heterocycles. The van der Waals surface area contributed by atoms with E-state index in [2.05, 4.69) is 44.5 Å². The van der Waals surface area contributed by atoms with Crippen LogP contribution in [0.2, 0.25) is 18.1 Å². The fourth-order valence-corrected chi connectivity index (χ4v) is 4.21. The van der Waals surface area contributed by atoms with E-state index < -0.39 is 20.0 Å². The average Bonchev–Trinajstić information content (AvgIpc) is 2.38. The highest BCUT2D eigenvalue weighted by Crippen LogP contribution is 2.39. The van der Waals surface area contributed by atoms with E-state index in [1.807, 2.05) is 27.7 Å². The Morgan fingerprint density at radius 3 is 2.08 bits per heavy atom. The summed E-state index contributed by atoms with van der Waals surface area (Å²) in [6, 6.07) is -0.718. The Kier molecular flexibility index (Phi) is 7.10. The zero-order valence-electron chi connectivity index (χ0n) is 18.1. The van der Waals surface area contributed by atoms with Gasteiger partial charge in [0.05, 0.1) is 12.1 Å². The monoisotopic (exact) mass is 386 g/mol. The molecule has 7 heteroatoms. The van der Waals surface area contributed by atoms with Gasteiger partial charge in [-0.1, -0.05) is 20.8 Å². The Hall–Kier alpha value is -0.923. The third-order valence-electron chi connectivity index (χ3n) is 5.18. The summed E-state index contributed by atoms with van der Waals surface area (Å²) in [5.74, 6) is -0.363. The maximum absolute atomic E-state index is 12.6. The lowest BCUT2D eigenvalue weighted by Gasteiger charge is -2.46. The summed E-state index contributed by atoms with van der Waals surface area (Å²) in [4.78, 5) is 24.3. The highest BCUT2D eigenvalue weighted by atomic mass is 28.4. The number of ether oxygens (including phenoxy) is 1. The molecule has 0 aliphatic carbocycles. The Morgan fingerprint density at radius 1 is 1.12 bits per heavy atom. The van der Waals surface area contributed by atoms with E-state index in [0.717, 1.165) is 0 Å². The second-order valence-electron chi connectivity index (χ2n) is 9.92. The number of esters is 1. The number of amides is 1. The molecule has 0 aromatic carbocycles. The first-order valence-corrected chi connectivity index (χ1v) is 12.4. The predicted octanol–water partition coefficient (Wildman–Crippen LogP) is 2.97. The van der Waals surface area contributed by atoms with Crippen LogP contribution in [0.4, 0.5) is 0 Å². The van der Waals surface area contributed by atoms with Crippen molar-refractivity contribution in [2.45, 2.75) is 110 Å². The first kappa shape index (κ1) is 23.1. The molecule has 0 aromatic heterocycles. The average molecular weight is 387 g/mol. The van der Waals surface area contributed by atoms with E-state index in [1.54, 1.807) is 0 Å². The van der Waals surface area contributed by atoms with Gasteiger partial charge in [-0.2, -0.15) is 0 Å². The summed E-state index contributed by atoms with van der Waals surface area (Å²) in [7, 11) is -2.06. The van der Waals surface area contributed by atoms with Crippen LogP contribution in [-0.2, 0) is 18.8 Å². The van der Waals surface area contributed by atoms with Crippen LogP contribution in [0.5, 0.6) is 0 Å². The van der Waals surface area contributed by atoms with Crippen LogP contribution >= 0.6 is 0 Å². The predicted molar refractivity (Wildman–Crippen MR) is 107 cm³/mol. The fourth-order valence-electron chi connectivity index (χ4n) is 2.86. The lowest BCUT2D eigenvalue weighted by atomic mass is 9.91.